The second-order valence-corrected chi connectivity index (χ2v) is 6.83. The Morgan fingerprint density at radius 2 is 2.00 bits per heavy atom. The fourth-order valence-electron chi connectivity index (χ4n) is 2.78. The average molecular weight is 512 g/mol. The first-order valence-electron chi connectivity index (χ1n) is 9.99. The molecule has 0 amide bonds. The maximum Gasteiger partial charge on any atom is 0.250 e. The van der Waals surface area contributed by atoms with Gasteiger partial charge >= 0.3 is 0 Å². The number of benzene rings is 1. The lowest BCUT2D eigenvalue weighted by Crippen LogP contribution is -2.38. The summed E-state index contributed by atoms with van der Waals surface area (Å²) in [7, 11) is 0. The van der Waals surface area contributed by atoms with E-state index in [9.17, 15) is 4.79 Å². The molecule has 0 aliphatic carbocycles. The summed E-state index contributed by atoms with van der Waals surface area (Å²) in [4.78, 5) is 16.3. The van der Waals surface area contributed by atoms with Crippen LogP contribution in [0.25, 0.3) is 0 Å². The first kappa shape index (κ1) is 25.0. The summed E-state index contributed by atoms with van der Waals surface area (Å²) in [5.74, 6) is 1.66. The molecule has 1 aromatic carbocycles. The Kier molecular flexibility index (Phi) is 12.1. The number of nitrogens with one attached hydrogen (secondary N) is 2. The number of aromatic nitrogens is 1. The molecule has 1 heterocycles. The minimum absolute atomic E-state index is 0. The topological polar surface area (TPSA) is 67.7 Å². The third-order valence-corrected chi connectivity index (χ3v) is 4.19. The molecule has 1 aromatic heterocycles. The number of nitrogens with zero attached hydrogens (tertiary/aromatic N) is 2. The number of pyridine rings is 1. The predicted molar refractivity (Wildman–Crippen MR) is 131 cm³/mol. The molecule has 6 nitrogen and oxygen atoms in total. The van der Waals surface area contributed by atoms with Crippen LogP contribution in [-0.4, -0.2) is 36.3 Å². The van der Waals surface area contributed by atoms with Crippen molar-refractivity contribution in [3.05, 3.63) is 64.6 Å². The average Bonchev–Trinajstić information content (AvgIpc) is 2.67. The monoisotopic (exact) mass is 512 g/mol. The molecular formula is C22H33IN4O2. The number of rotatable bonds is 10. The van der Waals surface area contributed by atoms with Gasteiger partial charge in [0.2, 0.25) is 5.56 Å². The summed E-state index contributed by atoms with van der Waals surface area (Å²) < 4.78 is 7.67. The van der Waals surface area contributed by atoms with Crippen molar-refractivity contribution >= 4 is 29.9 Å². The largest absolute Gasteiger partial charge is 0.489 e. The molecule has 1 unspecified atom stereocenters. The van der Waals surface area contributed by atoms with Crippen molar-refractivity contribution < 1.29 is 4.74 Å². The van der Waals surface area contributed by atoms with E-state index in [1.54, 1.807) is 16.7 Å². The van der Waals surface area contributed by atoms with Gasteiger partial charge in [-0.05, 0) is 57.4 Å². The van der Waals surface area contributed by atoms with Gasteiger partial charge in [-0.3, -0.25) is 4.79 Å². The Labute approximate surface area is 190 Å². The zero-order valence-electron chi connectivity index (χ0n) is 17.6. The van der Waals surface area contributed by atoms with Gasteiger partial charge in [0.05, 0.1) is 6.54 Å². The van der Waals surface area contributed by atoms with E-state index in [-0.39, 0.29) is 35.6 Å². The zero-order chi connectivity index (χ0) is 20.2. The van der Waals surface area contributed by atoms with Crippen molar-refractivity contribution in [2.45, 2.75) is 46.3 Å². The minimum atomic E-state index is -0.0118. The highest BCUT2D eigenvalue weighted by Crippen LogP contribution is 2.14. The Bertz CT molecular complexity index is 807. The SMILES string of the molecule is CCNC(=NCC(C)Oc1cccc(C)c1)NCCCCn1ccccc1=O.I. The van der Waals surface area contributed by atoms with E-state index in [2.05, 4.69) is 28.6 Å². The molecule has 0 saturated carbocycles. The van der Waals surface area contributed by atoms with Crippen LogP contribution in [0.5, 0.6) is 5.75 Å². The van der Waals surface area contributed by atoms with E-state index in [1.807, 2.05) is 44.3 Å². The molecule has 7 heteroatoms. The van der Waals surface area contributed by atoms with Crippen LogP contribution in [0.4, 0.5) is 0 Å². The molecule has 0 radical (unpaired) electrons. The zero-order valence-corrected chi connectivity index (χ0v) is 19.9. The van der Waals surface area contributed by atoms with Gasteiger partial charge in [-0.25, -0.2) is 4.99 Å². The summed E-state index contributed by atoms with van der Waals surface area (Å²) in [6, 6.07) is 13.3. The molecule has 0 fully saturated rings. The van der Waals surface area contributed by atoms with E-state index in [0.29, 0.717) is 6.54 Å². The van der Waals surface area contributed by atoms with E-state index in [0.717, 1.165) is 44.2 Å². The highest BCUT2D eigenvalue weighted by atomic mass is 127. The highest BCUT2D eigenvalue weighted by molar-refractivity contribution is 14.0. The van der Waals surface area contributed by atoms with Crippen LogP contribution >= 0.6 is 24.0 Å². The van der Waals surface area contributed by atoms with Crippen molar-refractivity contribution in [1.29, 1.82) is 0 Å². The fourth-order valence-corrected chi connectivity index (χ4v) is 2.78. The van der Waals surface area contributed by atoms with Gasteiger partial charge in [-0.15, -0.1) is 24.0 Å². The number of aryl methyl sites for hydroxylation is 2. The van der Waals surface area contributed by atoms with E-state index in [4.69, 9.17) is 4.74 Å². The maximum atomic E-state index is 11.7. The standard InChI is InChI=1S/C22H32N4O2.HI/c1-4-23-22(24-13-6-8-15-26-14-7-5-12-21(26)27)25-17-19(3)28-20-11-9-10-18(2)16-20;/h5,7,9-12,14,16,19H,4,6,8,13,15,17H2,1-3H3,(H2,23,24,25);1H. The van der Waals surface area contributed by atoms with Crippen LogP contribution in [0, 0.1) is 6.92 Å². The summed E-state index contributed by atoms with van der Waals surface area (Å²) in [5, 5.41) is 6.60. The number of halogens is 1. The molecule has 2 aromatic rings. The van der Waals surface area contributed by atoms with Crippen molar-refractivity contribution in [2.75, 3.05) is 19.6 Å². The third kappa shape index (κ3) is 9.83. The van der Waals surface area contributed by atoms with Gasteiger partial charge in [-0.1, -0.05) is 18.2 Å². The summed E-state index contributed by atoms with van der Waals surface area (Å²) in [5.41, 5.74) is 1.23. The number of hydrogen-bond donors (Lipinski definition) is 2. The van der Waals surface area contributed by atoms with Crippen LogP contribution < -0.4 is 20.9 Å². The van der Waals surface area contributed by atoms with Gasteiger partial charge in [0.15, 0.2) is 5.96 Å². The second kappa shape index (κ2) is 14.0. The van der Waals surface area contributed by atoms with Crippen molar-refractivity contribution in [3.8, 4) is 5.75 Å². The van der Waals surface area contributed by atoms with Gasteiger partial charge in [0.1, 0.15) is 11.9 Å². The van der Waals surface area contributed by atoms with Crippen molar-refractivity contribution in [2.24, 2.45) is 4.99 Å². The van der Waals surface area contributed by atoms with Gasteiger partial charge < -0.3 is 19.9 Å². The Balaban J connectivity index is 0.00000420. The van der Waals surface area contributed by atoms with E-state index >= 15 is 0 Å². The van der Waals surface area contributed by atoms with Crippen LogP contribution in [0.15, 0.2) is 58.4 Å². The molecule has 0 aliphatic rings. The molecule has 0 spiro atoms. The molecule has 160 valence electrons. The van der Waals surface area contributed by atoms with Crippen LogP contribution in [0.1, 0.15) is 32.3 Å². The normalized spacial score (nSPS) is 12.0. The lowest BCUT2D eigenvalue weighted by molar-refractivity contribution is 0.230. The first-order valence-corrected chi connectivity index (χ1v) is 9.99. The summed E-state index contributed by atoms with van der Waals surface area (Å²) >= 11 is 0. The number of ether oxygens (including phenoxy) is 1. The minimum Gasteiger partial charge on any atom is -0.489 e. The summed E-state index contributed by atoms with van der Waals surface area (Å²) in [6.45, 7) is 9.04. The van der Waals surface area contributed by atoms with Gasteiger partial charge in [-0.2, -0.15) is 0 Å². The second-order valence-electron chi connectivity index (χ2n) is 6.83. The lowest BCUT2D eigenvalue weighted by Gasteiger charge is -2.15. The lowest BCUT2D eigenvalue weighted by atomic mass is 10.2. The third-order valence-electron chi connectivity index (χ3n) is 4.19. The molecule has 0 bridgehead atoms. The number of guanidine groups is 1. The Hall–Kier alpha value is -2.03. The molecule has 1 atom stereocenters. The highest BCUT2D eigenvalue weighted by Gasteiger charge is 2.05. The summed E-state index contributed by atoms with van der Waals surface area (Å²) in [6.07, 6.45) is 3.71. The Morgan fingerprint density at radius 1 is 1.17 bits per heavy atom. The smallest absolute Gasteiger partial charge is 0.250 e. The molecule has 29 heavy (non-hydrogen) atoms. The molecule has 0 saturated heterocycles. The van der Waals surface area contributed by atoms with Crippen LogP contribution in [0.3, 0.4) is 0 Å². The first-order chi connectivity index (χ1) is 13.6. The number of aliphatic imine (C=N–C) groups is 1. The predicted octanol–water partition coefficient (Wildman–Crippen LogP) is 3.58. The van der Waals surface area contributed by atoms with E-state index in [1.165, 1.54) is 5.56 Å². The quantitative estimate of drug-likeness (QED) is 0.221. The molecule has 0 aliphatic heterocycles. The van der Waals surface area contributed by atoms with Crippen molar-refractivity contribution in [3.63, 3.8) is 0 Å². The van der Waals surface area contributed by atoms with E-state index < -0.39 is 0 Å². The van der Waals surface area contributed by atoms with Gasteiger partial charge in [0.25, 0.3) is 0 Å². The van der Waals surface area contributed by atoms with Crippen molar-refractivity contribution in [1.82, 2.24) is 15.2 Å². The molecule has 2 rings (SSSR count). The molecule has 2 N–H and O–H groups in total. The maximum absolute atomic E-state index is 11.7. The van der Waals surface area contributed by atoms with Crippen LogP contribution in [0.2, 0.25) is 0 Å². The fraction of sp³-hybridized carbons (Fsp3) is 0.455. The van der Waals surface area contributed by atoms with Crippen LogP contribution in [-0.2, 0) is 6.54 Å². The Morgan fingerprint density at radius 3 is 2.72 bits per heavy atom. The number of hydrogen-bond acceptors (Lipinski definition) is 3. The van der Waals surface area contributed by atoms with Gasteiger partial charge in [0, 0.05) is 31.9 Å². The number of unbranched alkanes of at least 4 members (excludes halogenated alkanes) is 1. The molecular weight excluding hydrogens is 479 g/mol.